The summed E-state index contributed by atoms with van der Waals surface area (Å²) in [4.78, 5) is 11.6. The summed E-state index contributed by atoms with van der Waals surface area (Å²) in [5, 5.41) is 0. The van der Waals surface area contributed by atoms with Crippen LogP contribution in [-0.4, -0.2) is 5.97 Å². The Morgan fingerprint density at radius 2 is 1.71 bits per heavy atom. The zero-order valence-electron chi connectivity index (χ0n) is 8.97. The van der Waals surface area contributed by atoms with Gasteiger partial charge in [0.1, 0.15) is 5.60 Å². The Kier molecular flexibility index (Phi) is 1.71. The molecule has 2 nitrogen and oxygen atoms in total. The predicted molar refractivity (Wildman–Crippen MR) is 54.4 cm³/mol. The van der Waals surface area contributed by atoms with Gasteiger partial charge in [-0.05, 0) is 38.8 Å². The van der Waals surface area contributed by atoms with Crippen molar-refractivity contribution in [3.05, 3.63) is 34.4 Å². The number of cyclic esters (lactones) is 1. The van der Waals surface area contributed by atoms with Gasteiger partial charge in [0.2, 0.25) is 0 Å². The molecule has 0 fully saturated rings. The SMILES string of the molecule is Cc1ccc(C)c2c1C(=O)OC2(C)C. The highest BCUT2D eigenvalue weighted by atomic mass is 16.6. The molecule has 2 rings (SSSR count). The maximum absolute atomic E-state index is 11.6. The van der Waals surface area contributed by atoms with E-state index in [1.54, 1.807) is 0 Å². The van der Waals surface area contributed by atoms with Crippen molar-refractivity contribution < 1.29 is 9.53 Å². The third-order valence-corrected chi connectivity index (χ3v) is 2.78. The molecule has 0 saturated carbocycles. The van der Waals surface area contributed by atoms with Gasteiger partial charge in [-0.2, -0.15) is 0 Å². The average Bonchev–Trinajstić information content (AvgIpc) is 2.30. The second-order valence-corrected chi connectivity index (χ2v) is 4.35. The summed E-state index contributed by atoms with van der Waals surface area (Å²) >= 11 is 0. The molecule has 1 aliphatic rings. The van der Waals surface area contributed by atoms with Gasteiger partial charge in [0.25, 0.3) is 0 Å². The van der Waals surface area contributed by atoms with Crippen LogP contribution in [0.4, 0.5) is 0 Å². The van der Waals surface area contributed by atoms with E-state index in [0.717, 1.165) is 22.3 Å². The van der Waals surface area contributed by atoms with Crippen LogP contribution in [0, 0.1) is 13.8 Å². The van der Waals surface area contributed by atoms with E-state index in [-0.39, 0.29) is 5.97 Å². The number of carbonyl (C=O) groups is 1. The van der Waals surface area contributed by atoms with Gasteiger partial charge in [0.05, 0.1) is 5.56 Å². The van der Waals surface area contributed by atoms with E-state index in [4.69, 9.17) is 4.74 Å². The molecule has 0 unspecified atom stereocenters. The molecule has 0 radical (unpaired) electrons. The van der Waals surface area contributed by atoms with E-state index in [0.29, 0.717) is 0 Å². The number of esters is 1. The lowest BCUT2D eigenvalue weighted by molar-refractivity contribution is 0.00938. The van der Waals surface area contributed by atoms with Crippen LogP contribution >= 0.6 is 0 Å². The molecule has 14 heavy (non-hydrogen) atoms. The van der Waals surface area contributed by atoms with Crippen molar-refractivity contribution in [1.29, 1.82) is 0 Å². The smallest absolute Gasteiger partial charge is 0.339 e. The molecule has 0 spiro atoms. The molecule has 1 aromatic rings. The lowest BCUT2D eigenvalue weighted by Crippen LogP contribution is -2.17. The van der Waals surface area contributed by atoms with Crippen molar-refractivity contribution >= 4 is 5.97 Å². The van der Waals surface area contributed by atoms with Crippen LogP contribution in [0.15, 0.2) is 12.1 Å². The highest BCUT2D eigenvalue weighted by Gasteiger charge is 2.39. The van der Waals surface area contributed by atoms with E-state index >= 15 is 0 Å². The monoisotopic (exact) mass is 190 g/mol. The van der Waals surface area contributed by atoms with E-state index in [9.17, 15) is 4.79 Å². The van der Waals surface area contributed by atoms with Gasteiger partial charge in [-0.15, -0.1) is 0 Å². The molecular weight excluding hydrogens is 176 g/mol. The minimum atomic E-state index is -0.470. The van der Waals surface area contributed by atoms with Crippen molar-refractivity contribution in [3.63, 3.8) is 0 Å². The Morgan fingerprint density at radius 1 is 1.14 bits per heavy atom. The van der Waals surface area contributed by atoms with E-state index in [1.165, 1.54) is 0 Å². The molecule has 1 heterocycles. The fourth-order valence-electron chi connectivity index (χ4n) is 2.18. The van der Waals surface area contributed by atoms with E-state index < -0.39 is 5.60 Å². The Balaban J connectivity index is 2.80. The van der Waals surface area contributed by atoms with Crippen LogP contribution in [-0.2, 0) is 10.3 Å². The Morgan fingerprint density at radius 3 is 2.29 bits per heavy atom. The molecule has 0 amide bonds. The van der Waals surface area contributed by atoms with Gasteiger partial charge >= 0.3 is 5.97 Å². The molecular formula is C12H14O2. The molecule has 0 bridgehead atoms. The first-order valence-electron chi connectivity index (χ1n) is 4.77. The van der Waals surface area contributed by atoms with E-state index in [1.807, 2.05) is 39.8 Å². The zero-order chi connectivity index (χ0) is 10.5. The highest BCUT2D eigenvalue weighted by Crippen LogP contribution is 2.39. The summed E-state index contributed by atoms with van der Waals surface area (Å²) in [6, 6.07) is 4.01. The third kappa shape index (κ3) is 1.07. The summed E-state index contributed by atoms with van der Waals surface area (Å²) < 4.78 is 5.34. The molecule has 1 aromatic carbocycles. The van der Waals surface area contributed by atoms with Crippen LogP contribution in [0.1, 0.15) is 40.9 Å². The normalized spacial score (nSPS) is 17.9. The standard InChI is InChI=1S/C12H14O2/c1-7-5-6-8(2)10-9(7)11(13)14-12(10,3)4/h5-6H,1-4H3. The fraction of sp³-hybridized carbons (Fsp3) is 0.417. The fourth-order valence-corrected chi connectivity index (χ4v) is 2.18. The van der Waals surface area contributed by atoms with Crippen molar-refractivity contribution in [1.82, 2.24) is 0 Å². The first-order valence-corrected chi connectivity index (χ1v) is 4.77. The van der Waals surface area contributed by atoms with E-state index in [2.05, 4.69) is 0 Å². The van der Waals surface area contributed by atoms with Crippen LogP contribution < -0.4 is 0 Å². The summed E-state index contributed by atoms with van der Waals surface area (Å²) in [6.07, 6.45) is 0. The molecule has 0 saturated heterocycles. The lowest BCUT2D eigenvalue weighted by atomic mass is 9.89. The van der Waals surface area contributed by atoms with Crippen LogP contribution in [0.2, 0.25) is 0 Å². The predicted octanol–water partition coefficient (Wildman–Crippen LogP) is 2.71. The van der Waals surface area contributed by atoms with Gasteiger partial charge in [-0.1, -0.05) is 12.1 Å². The summed E-state index contributed by atoms with van der Waals surface area (Å²) in [5.41, 5.74) is 3.46. The highest BCUT2D eigenvalue weighted by molar-refractivity contribution is 5.96. The number of rotatable bonds is 0. The Labute approximate surface area is 83.9 Å². The van der Waals surface area contributed by atoms with Gasteiger partial charge in [0.15, 0.2) is 0 Å². The second-order valence-electron chi connectivity index (χ2n) is 4.35. The molecule has 0 aliphatic carbocycles. The van der Waals surface area contributed by atoms with Crippen LogP contribution in [0.5, 0.6) is 0 Å². The maximum atomic E-state index is 11.6. The van der Waals surface area contributed by atoms with Crippen LogP contribution in [0.25, 0.3) is 0 Å². The lowest BCUT2D eigenvalue weighted by Gasteiger charge is -2.19. The number of carbonyl (C=O) groups excluding carboxylic acids is 1. The van der Waals surface area contributed by atoms with Gasteiger partial charge in [-0.25, -0.2) is 4.79 Å². The Bertz CT molecular complexity index is 417. The molecule has 0 aromatic heterocycles. The number of fused-ring (bicyclic) bond motifs is 1. The number of aryl methyl sites for hydroxylation is 2. The first-order chi connectivity index (χ1) is 6.43. The van der Waals surface area contributed by atoms with Crippen molar-refractivity contribution in [3.8, 4) is 0 Å². The zero-order valence-corrected chi connectivity index (χ0v) is 8.97. The quantitative estimate of drug-likeness (QED) is 0.588. The molecule has 2 heteroatoms. The van der Waals surface area contributed by atoms with Crippen molar-refractivity contribution in [2.75, 3.05) is 0 Å². The number of hydrogen-bond donors (Lipinski definition) is 0. The van der Waals surface area contributed by atoms with Crippen molar-refractivity contribution in [2.24, 2.45) is 0 Å². The minimum absolute atomic E-state index is 0.189. The minimum Gasteiger partial charge on any atom is -0.451 e. The molecule has 74 valence electrons. The van der Waals surface area contributed by atoms with Gasteiger partial charge in [0, 0.05) is 5.56 Å². The molecule has 0 N–H and O–H groups in total. The number of ether oxygens (including phenoxy) is 1. The number of benzene rings is 1. The first kappa shape index (κ1) is 9.25. The average molecular weight is 190 g/mol. The topological polar surface area (TPSA) is 26.3 Å². The summed E-state index contributed by atoms with van der Waals surface area (Å²) in [5.74, 6) is -0.189. The van der Waals surface area contributed by atoms with Gasteiger partial charge in [-0.3, -0.25) is 0 Å². The third-order valence-electron chi connectivity index (χ3n) is 2.78. The largest absolute Gasteiger partial charge is 0.451 e. The van der Waals surface area contributed by atoms with Crippen LogP contribution in [0.3, 0.4) is 0 Å². The summed E-state index contributed by atoms with van der Waals surface area (Å²) in [6.45, 7) is 7.83. The molecule has 0 atom stereocenters. The van der Waals surface area contributed by atoms with Crippen molar-refractivity contribution in [2.45, 2.75) is 33.3 Å². The Hall–Kier alpha value is -1.31. The number of hydrogen-bond acceptors (Lipinski definition) is 2. The second kappa shape index (κ2) is 2.59. The maximum Gasteiger partial charge on any atom is 0.339 e. The van der Waals surface area contributed by atoms with Gasteiger partial charge < -0.3 is 4.74 Å². The summed E-state index contributed by atoms with van der Waals surface area (Å²) in [7, 11) is 0. The molecule has 1 aliphatic heterocycles.